The van der Waals surface area contributed by atoms with Crippen LogP contribution >= 0.6 is 27.5 Å². The van der Waals surface area contributed by atoms with Gasteiger partial charge in [-0.2, -0.15) is 0 Å². The van der Waals surface area contributed by atoms with E-state index < -0.39 is 0 Å². The molecule has 108 valence electrons. The predicted molar refractivity (Wildman–Crippen MR) is 87.1 cm³/mol. The smallest absolute Gasteiger partial charge is 0.0946 e. The highest BCUT2D eigenvalue weighted by Crippen LogP contribution is 2.26. The Hall–Kier alpha value is -0.840. The van der Waals surface area contributed by atoms with Gasteiger partial charge in [-0.3, -0.25) is 0 Å². The molecule has 0 amide bonds. The summed E-state index contributed by atoms with van der Waals surface area (Å²) in [5, 5.41) is 4.37. The fourth-order valence-electron chi connectivity index (χ4n) is 2.21. The van der Waals surface area contributed by atoms with E-state index in [-0.39, 0.29) is 6.04 Å². The summed E-state index contributed by atoms with van der Waals surface area (Å²) in [5.41, 5.74) is 2.32. The largest absolute Gasteiger partial charge is 0.336 e. The second-order valence-electron chi connectivity index (χ2n) is 4.88. The molecule has 1 aromatic carbocycles. The van der Waals surface area contributed by atoms with Gasteiger partial charge in [-0.1, -0.05) is 40.5 Å². The average molecular weight is 357 g/mol. The lowest BCUT2D eigenvalue weighted by atomic mass is 10.0. The summed E-state index contributed by atoms with van der Waals surface area (Å²) < 4.78 is 3.06. The van der Waals surface area contributed by atoms with Crippen LogP contribution in [0.25, 0.3) is 0 Å². The Kier molecular flexibility index (Phi) is 5.64. The Bertz CT molecular complexity index is 568. The Morgan fingerprint density at radius 3 is 2.85 bits per heavy atom. The summed E-state index contributed by atoms with van der Waals surface area (Å²) >= 11 is 9.77. The SMILES string of the molecule is CCCNC(Cc1ccc(Br)cc1Cl)c1cncn1C. The third-order valence-electron chi connectivity index (χ3n) is 3.29. The highest BCUT2D eigenvalue weighted by atomic mass is 79.9. The Morgan fingerprint density at radius 1 is 1.45 bits per heavy atom. The molecule has 0 saturated carbocycles. The Labute approximate surface area is 133 Å². The van der Waals surface area contributed by atoms with E-state index in [1.54, 1.807) is 0 Å². The van der Waals surface area contributed by atoms with E-state index in [9.17, 15) is 0 Å². The van der Waals surface area contributed by atoms with Crippen molar-refractivity contribution in [1.29, 1.82) is 0 Å². The molecule has 20 heavy (non-hydrogen) atoms. The predicted octanol–water partition coefficient (Wildman–Crippen LogP) is 4.12. The molecular formula is C15H19BrClN3. The molecule has 0 saturated heterocycles. The topological polar surface area (TPSA) is 29.9 Å². The van der Waals surface area contributed by atoms with E-state index in [4.69, 9.17) is 11.6 Å². The summed E-state index contributed by atoms with van der Waals surface area (Å²) in [6, 6.07) is 6.27. The summed E-state index contributed by atoms with van der Waals surface area (Å²) in [4.78, 5) is 4.21. The highest BCUT2D eigenvalue weighted by molar-refractivity contribution is 9.10. The van der Waals surface area contributed by atoms with Crippen LogP contribution in [-0.4, -0.2) is 16.1 Å². The first kappa shape index (κ1) is 15.5. The van der Waals surface area contributed by atoms with Crippen molar-refractivity contribution in [3.8, 4) is 0 Å². The molecule has 0 radical (unpaired) electrons. The maximum atomic E-state index is 6.33. The number of hydrogen-bond acceptors (Lipinski definition) is 2. The minimum absolute atomic E-state index is 0.223. The van der Waals surface area contributed by atoms with Crippen molar-refractivity contribution in [1.82, 2.24) is 14.9 Å². The van der Waals surface area contributed by atoms with Crippen LogP contribution in [0.1, 0.15) is 30.6 Å². The molecule has 1 heterocycles. The standard InChI is InChI=1S/C15H19BrClN3/c1-3-6-19-14(15-9-18-10-20(15)2)7-11-4-5-12(16)8-13(11)17/h4-5,8-10,14,19H,3,6-7H2,1-2H3. The summed E-state index contributed by atoms with van der Waals surface area (Å²) in [6.45, 7) is 3.14. The molecular weight excluding hydrogens is 338 g/mol. The van der Waals surface area contributed by atoms with E-state index >= 15 is 0 Å². The van der Waals surface area contributed by atoms with Gasteiger partial charge in [0.15, 0.2) is 0 Å². The zero-order chi connectivity index (χ0) is 14.5. The second kappa shape index (κ2) is 7.25. The van der Waals surface area contributed by atoms with E-state index in [0.717, 1.165) is 34.4 Å². The van der Waals surface area contributed by atoms with Gasteiger partial charge in [0.25, 0.3) is 0 Å². The molecule has 0 aliphatic rings. The van der Waals surface area contributed by atoms with Crippen LogP contribution in [0.3, 0.4) is 0 Å². The fraction of sp³-hybridized carbons (Fsp3) is 0.400. The van der Waals surface area contributed by atoms with Crippen molar-refractivity contribution in [2.75, 3.05) is 6.54 Å². The van der Waals surface area contributed by atoms with E-state index in [2.05, 4.69) is 43.8 Å². The number of aryl methyl sites for hydroxylation is 1. The van der Waals surface area contributed by atoms with Crippen molar-refractivity contribution in [2.24, 2.45) is 7.05 Å². The Balaban J connectivity index is 2.21. The van der Waals surface area contributed by atoms with Crippen molar-refractivity contribution in [3.63, 3.8) is 0 Å². The third-order valence-corrected chi connectivity index (χ3v) is 4.14. The van der Waals surface area contributed by atoms with Crippen LogP contribution in [0.15, 0.2) is 35.2 Å². The van der Waals surface area contributed by atoms with Crippen LogP contribution in [0.5, 0.6) is 0 Å². The van der Waals surface area contributed by atoms with Gasteiger partial charge in [-0.05, 0) is 37.1 Å². The van der Waals surface area contributed by atoms with Crippen LogP contribution in [0.4, 0.5) is 0 Å². The lowest BCUT2D eigenvalue weighted by Crippen LogP contribution is -2.26. The molecule has 1 unspecified atom stereocenters. The number of nitrogens with one attached hydrogen (secondary N) is 1. The number of nitrogens with zero attached hydrogens (tertiary/aromatic N) is 2. The van der Waals surface area contributed by atoms with Crippen LogP contribution in [-0.2, 0) is 13.5 Å². The molecule has 1 aromatic heterocycles. The van der Waals surface area contributed by atoms with Gasteiger partial charge in [0, 0.05) is 22.7 Å². The van der Waals surface area contributed by atoms with Gasteiger partial charge in [0.1, 0.15) is 0 Å². The lowest BCUT2D eigenvalue weighted by Gasteiger charge is -2.20. The van der Waals surface area contributed by atoms with Crippen LogP contribution < -0.4 is 5.32 Å². The molecule has 1 atom stereocenters. The van der Waals surface area contributed by atoms with Crippen molar-refractivity contribution in [2.45, 2.75) is 25.8 Å². The molecule has 0 aliphatic carbocycles. The third kappa shape index (κ3) is 3.84. The summed E-state index contributed by atoms with van der Waals surface area (Å²) in [6.07, 6.45) is 5.70. The molecule has 3 nitrogen and oxygen atoms in total. The molecule has 0 spiro atoms. The molecule has 0 aliphatic heterocycles. The van der Waals surface area contributed by atoms with Gasteiger partial charge >= 0.3 is 0 Å². The molecule has 5 heteroatoms. The monoisotopic (exact) mass is 355 g/mol. The molecule has 0 fully saturated rings. The average Bonchev–Trinajstić information content (AvgIpc) is 2.83. The number of hydrogen-bond donors (Lipinski definition) is 1. The number of benzene rings is 1. The van der Waals surface area contributed by atoms with E-state index in [1.807, 2.05) is 31.7 Å². The van der Waals surface area contributed by atoms with Crippen LogP contribution in [0.2, 0.25) is 5.02 Å². The summed E-state index contributed by atoms with van der Waals surface area (Å²) in [7, 11) is 2.02. The Morgan fingerprint density at radius 2 is 2.25 bits per heavy atom. The van der Waals surface area contributed by atoms with Crippen molar-refractivity contribution in [3.05, 3.63) is 51.5 Å². The molecule has 2 rings (SSSR count). The van der Waals surface area contributed by atoms with Gasteiger partial charge in [0.05, 0.1) is 18.1 Å². The molecule has 1 N–H and O–H groups in total. The number of imidazole rings is 1. The quantitative estimate of drug-likeness (QED) is 0.844. The first-order chi connectivity index (χ1) is 9.61. The van der Waals surface area contributed by atoms with Crippen LogP contribution in [0, 0.1) is 0 Å². The summed E-state index contributed by atoms with van der Waals surface area (Å²) in [5.74, 6) is 0. The fourth-order valence-corrected chi connectivity index (χ4v) is 2.96. The minimum Gasteiger partial charge on any atom is -0.336 e. The number of aromatic nitrogens is 2. The van der Waals surface area contributed by atoms with Gasteiger partial charge < -0.3 is 9.88 Å². The maximum Gasteiger partial charge on any atom is 0.0946 e. The maximum absolute atomic E-state index is 6.33. The first-order valence-corrected chi connectivity index (χ1v) is 7.92. The second-order valence-corrected chi connectivity index (χ2v) is 6.20. The zero-order valence-electron chi connectivity index (χ0n) is 11.7. The highest BCUT2D eigenvalue weighted by Gasteiger charge is 2.16. The molecule has 2 aromatic rings. The lowest BCUT2D eigenvalue weighted by molar-refractivity contribution is 0.504. The van der Waals surface area contributed by atoms with Crippen molar-refractivity contribution < 1.29 is 0 Å². The minimum atomic E-state index is 0.223. The zero-order valence-corrected chi connectivity index (χ0v) is 14.1. The van der Waals surface area contributed by atoms with E-state index in [0.29, 0.717) is 0 Å². The van der Waals surface area contributed by atoms with Gasteiger partial charge in [-0.25, -0.2) is 4.98 Å². The number of rotatable bonds is 6. The van der Waals surface area contributed by atoms with Crippen molar-refractivity contribution >= 4 is 27.5 Å². The molecule has 0 bridgehead atoms. The number of halogens is 2. The van der Waals surface area contributed by atoms with E-state index in [1.165, 1.54) is 5.69 Å². The van der Waals surface area contributed by atoms with Gasteiger partial charge in [-0.15, -0.1) is 0 Å². The first-order valence-electron chi connectivity index (χ1n) is 6.75. The normalized spacial score (nSPS) is 12.6. The van der Waals surface area contributed by atoms with Gasteiger partial charge in [0.2, 0.25) is 0 Å².